The Balaban J connectivity index is 2.59. The third-order valence-electron chi connectivity index (χ3n) is 3.67. The lowest BCUT2D eigenvalue weighted by Crippen LogP contribution is -2.45. The third-order valence-corrected chi connectivity index (χ3v) is 3.67. The third kappa shape index (κ3) is 6.74. The highest BCUT2D eigenvalue weighted by molar-refractivity contribution is 5.79. The Morgan fingerprint density at radius 3 is 2.67 bits per heavy atom. The topological polar surface area (TPSA) is 67.8 Å². The fourth-order valence-corrected chi connectivity index (χ4v) is 2.22. The number of aliphatic imine (C=N–C) groups is 1. The van der Waals surface area contributed by atoms with Gasteiger partial charge in [0.1, 0.15) is 0 Å². The molecule has 0 aliphatic rings. The maximum Gasteiger partial charge on any atom is 0.218 e. The van der Waals surface area contributed by atoms with Gasteiger partial charge in [-0.3, -0.25) is 4.99 Å². The Morgan fingerprint density at radius 2 is 2.08 bits per heavy atom. The summed E-state index contributed by atoms with van der Waals surface area (Å²) < 4.78 is 11.2. The summed E-state index contributed by atoms with van der Waals surface area (Å²) in [7, 11) is 3.49. The van der Waals surface area contributed by atoms with Gasteiger partial charge in [-0.1, -0.05) is 33.8 Å². The van der Waals surface area contributed by atoms with Crippen LogP contribution in [-0.4, -0.2) is 44.4 Å². The van der Waals surface area contributed by atoms with E-state index in [1.807, 2.05) is 12.1 Å². The van der Waals surface area contributed by atoms with Gasteiger partial charge in [-0.15, -0.1) is 0 Å². The molecule has 0 aliphatic carbocycles. The molecule has 0 saturated carbocycles. The molecule has 0 spiro atoms. The summed E-state index contributed by atoms with van der Waals surface area (Å²) in [6, 6.07) is 3.91. The summed E-state index contributed by atoms with van der Waals surface area (Å²) >= 11 is 0. The number of nitrogens with one attached hydrogen (secondary N) is 2. The molecular formula is C18H32N4O2. The molecule has 1 atom stereocenters. The Labute approximate surface area is 146 Å². The van der Waals surface area contributed by atoms with Crippen LogP contribution in [0.4, 0.5) is 0 Å². The lowest BCUT2D eigenvalue weighted by atomic mass is 9.89. The molecule has 0 fully saturated rings. The van der Waals surface area contributed by atoms with E-state index in [2.05, 4.69) is 48.3 Å². The minimum atomic E-state index is 0.0606. The molecule has 1 rings (SSSR count). The molecule has 0 amide bonds. The van der Waals surface area contributed by atoms with Crippen molar-refractivity contribution in [3.05, 3.63) is 23.9 Å². The van der Waals surface area contributed by atoms with E-state index in [9.17, 15) is 0 Å². The molecule has 136 valence electrons. The van der Waals surface area contributed by atoms with E-state index < -0.39 is 0 Å². The van der Waals surface area contributed by atoms with Crippen molar-refractivity contribution in [2.45, 2.75) is 46.8 Å². The highest BCUT2D eigenvalue weighted by atomic mass is 16.5. The predicted molar refractivity (Wildman–Crippen MR) is 98.5 cm³/mol. The van der Waals surface area contributed by atoms with Crippen LogP contribution in [0, 0.1) is 5.41 Å². The van der Waals surface area contributed by atoms with Crippen LogP contribution < -0.4 is 15.4 Å². The molecule has 6 nitrogen and oxygen atoms in total. The second kappa shape index (κ2) is 10.1. The molecule has 2 N–H and O–H groups in total. The minimum Gasteiger partial charge on any atom is -0.477 e. The van der Waals surface area contributed by atoms with Crippen LogP contribution >= 0.6 is 0 Å². The van der Waals surface area contributed by atoms with Gasteiger partial charge in [0, 0.05) is 39.0 Å². The van der Waals surface area contributed by atoms with Crippen molar-refractivity contribution in [2.24, 2.45) is 10.4 Å². The average molecular weight is 336 g/mol. The Bertz CT molecular complexity index is 512. The lowest BCUT2D eigenvalue weighted by Gasteiger charge is -2.30. The maximum absolute atomic E-state index is 5.68. The molecule has 0 bridgehead atoms. The van der Waals surface area contributed by atoms with E-state index in [1.165, 1.54) is 0 Å². The molecule has 0 radical (unpaired) electrons. The number of nitrogens with zero attached hydrogens (tertiary/aromatic N) is 2. The molecule has 6 heteroatoms. The van der Waals surface area contributed by atoms with E-state index in [-0.39, 0.29) is 11.5 Å². The van der Waals surface area contributed by atoms with Crippen LogP contribution in [0.3, 0.4) is 0 Å². The van der Waals surface area contributed by atoms with Gasteiger partial charge in [0.2, 0.25) is 5.88 Å². The Morgan fingerprint density at radius 1 is 1.33 bits per heavy atom. The van der Waals surface area contributed by atoms with E-state index in [0.717, 1.165) is 17.9 Å². The summed E-state index contributed by atoms with van der Waals surface area (Å²) in [6.07, 6.45) is 2.80. The van der Waals surface area contributed by atoms with Gasteiger partial charge in [0.05, 0.1) is 12.7 Å². The van der Waals surface area contributed by atoms with Crippen molar-refractivity contribution < 1.29 is 9.47 Å². The summed E-state index contributed by atoms with van der Waals surface area (Å²) in [6.45, 7) is 10.5. The number of hydrogen-bond donors (Lipinski definition) is 2. The monoisotopic (exact) mass is 336 g/mol. The van der Waals surface area contributed by atoms with Gasteiger partial charge in [-0.25, -0.2) is 4.98 Å². The highest BCUT2D eigenvalue weighted by Crippen LogP contribution is 2.21. The zero-order chi connectivity index (χ0) is 18.0. The van der Waals surface area contributed by atoms with Gasteiger partial charge in [-0.05, 0) is 17.9 Å². The lowest BCUT2D eigenvalue weighted by molar-refractivity contribution is 0.0205. The summed E-state index contributed by atoms with van der Waals surface area (Å²) in [5.74, 6) is 1.40. The maximum atomic E-state index is 5.68. The van der Waals surface area contributed by atoms with Gasteiger partial charge in [-0.2, -0.15) is 0 Å². The summed E-state index contributed by atoms with van der Waals surface area (Å²) in [4.78, 5) is 8.56. The van der Waals surface area contributed by atoms with Crippen LogP contribution in [0.15, 0.2) is 23.3 Å². The fourth-order valence-electron chi connectivity index (χ4n) is 2.22. The first-order chi connectivity index (χ1) is 11.4. The zero-order valence-electron chi connectivity index (χ0n) is 15.8. The van der Waals surface area contributed by atoms with Crippen LogP contribution in [0.25, 0.3) is 0 Å². The van der Waals surface area contributed by atoms with E-state index in [1.54, 1.807) is 20.4 Å². The normalized spacial score (nSPS) is 13.5. The smallest absolute Gasteiger partial charge is 0.218 e. The molecule has 1 unspecified atom stereocenters. The standard InChI is InChI=1S/C18H32N4O2/c1-7-11-24-16-14(9-8-10-20-16)12-21-17(19-5)22-13-15(23-6)18(2,3)4/h8-10,15H,7,11-13H2,1-6H3,(H2,19,21,22). The first kappa shape index (κ1) is 20.2. The van der Waals surface area contributed by atoms with Crippen molar-refractivity contribution >= 4 is 5.96 Å². The molecule has 0 saturated heterocycles. The molecule has 0 aromatic carbocycles. The number of rotatable bonds is 8. The van der Waals surface area contributed by atoms with Crippen molar-refractivity contribution in [1.29, 1.82) is 0 Å². The minimum absolute atomic E-state index is 0.0606. The first-order valence-corrected chi connectivity index (χ1v) is 8.46. The molecular weight excluding hydrogens is 304 g/mol. The summed E-state index contributed by atoms with van der Waals surface area (Å²) in [5.41, 5.74) is 1.07. The quantitative estimate of drug-likeness (QED) is 0.564. The van der Waals surface area contributed by atoms with Crippen LogP contribution in [0.1, 0.15) is 39.7 Å². The van der Waals surface area contributed by atoms with Crippen LogP contribution in [0.5, 0.6) is 5.88 Å². The SMILES string of the molecule is CCCOc1ncccc1CNC(=NC)NCC(OC)C(C)(C)C. The molecule has 1 heterocycles. The van der Waals surface area contributed by atoms with Crippen molar-refractivity contribution in [2.75, 3.05) is 27.3 Å². The van der Waals surface area contributed by atoms with Crippen molar-refractivity contribution in [1.82, 2.24) is 15.6 Å². The van der Waals surface area contributed by atoms with Crippen LogP contribution in [0.2, 0.25) is 0 Å². The first-order valence-electron chi connectivity index (χ1n) is 8.46. The molecule has 1 aromatic rings. The second-order valence-electron chi connectivity index (χ2n) is 6.71. The zero-order valence-corrected chi connectivity index (χ0v) is 15.8. The number of hydrogen-bond acceptors (Lipinski definition) is 4. The molecule has 1 aromatic heterocycles. The van der Waals surface area contributed by atoms with Gasteiger partial charge in [0.25, 0.3) is 0 Å². The van der Waals surface area contributed by atoms with E-state index in [0.29, 0.717) is 25.6 Å². The average Bonchev–Trinajstić information content (AvgIpc) is 2.55. The largest absolute Gasteiger partial charge is 0.477 e. The fraction of sp³-hybridized carbons (Fsp3) is 0.667. The highest BCUT2D eigenvalue weighted by Gasteiger charge is 2.24. The second-order valence-corrected chi connectivity index (χ2v) is 6.71. The van der Waals surface area contributed by atoms with Crippen molar-refractivity contribution in [3.8, 4) is 5.88 Å². The van der Waals surface area contributed by atoms with E-state index >= 15 is 0 Å². The van der Waals surface area contributed by atoms with E-state index in [4.69, 9.17) is 9.47 Å². The molecule has 0 aliphatic heterocycles. The Kier molecular flexibility index (Phi) is 8.54. The van der Waals surface area contributed by atoms with Gasteiger partial charge in [0.15, 0.2) is 5.96 Å². The number of aromatic nitrogens is 1. The van der Waals surface area contributed by atoms with Gasteiger partial charge >= 0.3 is 0 Å². The number of guanidine groups is 1. The van der Waals surface area contributed by atoms with Crippen LogP contribution in [-0.2, 0) is 11.3 Å². The predicted octanol–water partition coefficient (Wildman–Crippen LogP) is 2.60. The molecule has 24 heavy (non-hydrogen) atoms. The Hall–Kier alpha value is -1.82. The van der Waals surface area contributed by atoms with Gasteiger partial charge < -0.3 is 20.1 Å². The number of methoxy groups -OCH3 is 1. The van der Waals surface area contributed by atoms with Crippen molar-refractivity contribution in [3.63, 3.8) is 0 Å². The number of pyridine rings is 1. The summed E-state index contributed by atoms with van der Waals surface area (Å²) in [5, 5.41) is 6.61. The number of ether oxygens (including phenoxy) is 2.